The highest BCUT2D eigenvalue weighted by atomic mass is 19.1. The van der Waals surface area contributed by atoms with E-state index in [1.807, 2.05) is 18.2 Å². The highest BCUT2D eigenvalue weighted by Crippen LogP contribution is 2.28. The van der Waals surface area contributed by atoms with Crippen molar-refractivity contribution in [3.8, 4) is 0 Å². The fraction of sp³-hybridized carbons (Fsp3) is 0.304. The molecule has 1 saturated heterocycles. The highest BCUT2D eigenvalue weighted by molar-refractivity contribution is 6.04. The van der Waals surface area contributed by atoms with Gasteiger partial charge in [0.2, 0.25) is 0 Å². The van der Waals surface area contributed by atoms with Gasteiger partial charge >= 0.3 is 0 Å². The summed E-state index contributed by atoms with van der Waals surface area (Å²) in [7, 11) is 0. The number of halogens is 1. The van der Waals surface area contributed by atoms with Crippen LogP contribution in [0.15, 0.2) is 65.4 Å². The molecule has 0 N–H and O–H groups in total. The Morgan fingerprint density at radius 3 is 2.69 bits per heavy atom. The molecule has 4 rings (SSSR count). The molecular formula is C23H24FN3O2. The molecule has 150 valence electrons. The van der Waals surface area contributed by atoms with Gasteiger partial charge in [-0.3, -0.25) is 14.7 Å². The minimum absolute atomic E-state index is 0.0188. The number of nitrogens with zero attached hydrogens (tertiary/aromatic N) is 3. The van der Waals surface area contributed by atoms with Crippen LogP contribution in [0, 0.1) is 12.7 Å². The van der Waals surface area contributed by atoms with Gasteiger partial charge in [-0.1, -0.05) is 12.1 Å². The van der Waals surface area contributed by atoms with Crippen LogP contribution < -0.4 is 4.90 Å². The van der Waals surface area contributed by atoms with Gasteiger partial charge in [0, 0.05) is 37.6 Å². The number of likely N-dealkylation sites (tertiary alicyclic amines) is 1. The summed E-state index contributed by atoms with van der Waals surface area (Å²) < 4.78 is 19.6. The van der Waals surface area contributed by atoms with E-state index in [4.69, 9.17) is 4.42 Å². The van der Waals surface area contributed by atoms with E-state index >= 15 is 0 Å². The van der Waals surface area contributed by atoms with Crippen LogP contribution in [0.1, 0.15) is 34.7 Å². The van der Waals surface area contributed by atoms with Crippen molar-refractivity contribution in [3.05, 3.63) is 83.8 Å². The van der Waals surface area contributed by atoms with Gasteiger partial charge in [-0.25, -0.2) is 4.39 Å². The van der Waals surface area contributed by atoms with Crippen molar-refractivity contribution in [2.45, 2.75) is 32.4 Å². The molecule has 1 amide bonds. The van der Waals surface area contributed by atoms with Crippen molar-refractivity contribution in [2.24, 2.45) is 0 Å². The van der Waals surface area contributed by atoms with Crippen molar-refractivity contribution < 1.29 is 13.6 Å². The lowest BCUT2D eigenvalue weighted by atomic mass is 10.0. The van der Waals surface area contributed by atoms with Gasteiger partial charge < -0.3 is 9.32 Å². The van der Waals surface area contributed by atoms with Crippen LogP contribution in [0.2, 0.25) is 0 Å². The number of pyridine rings is 1. The Labute approximate surface area is 169 Å². The van der Waals surface area contributed by atoms with E-state index in [2.05, 4.69) is 9.88 Å². The third kappa shape index (κ3) is 4.38. The van der Waals surface area contributed by atoms with Crippen molar-refractivity contribution in [2.75, 3.05) is 18.0 Å². The number of aryl methyl sites for hydroxylation is 1. The second-order valence-corrected chi connectivity index (χ2v) is 7.41. The van der Waals surface area contributed by atoms with Gasteiger partial charge in [0.15, 0.2) is 5.76 Å². The molecule has 0 aliphatic carbocycles. The number of anilines is 1. The molecule has 0 radical (unpaired) electrons. The highest BCUT2D eigenvalue weighted by Gasteiger charge is 2.31. The molecule has 1 aliphatic rings. The van der Waals surface area contributed by atoms with Crippen molar-refractivity contribution in [1.29, 1.82) is 0 Å². The Bertz CT molecular complexity index is 952. The zero-order chi connectivity index (χ0) is 20.2. The Morgan fingerprint density at radius 1 is 1.21 bits per heavy atom. The van der Waals surface area contributed by atoms with Crippen LogP contribution in [0.4, 0.5) is 10.1 Å². The molecule has 1 fully saturated rings. The van der Waals surface area contributed by atoms with Crippen LogP contribution >= 0.6 is 0 Å². The number of hydrogen-bond donors (Lipinski definition) is 0. The summed E-state index contributed by atoms with van der Waals surface area (Å²) in [6.07, 6.45) is 4.89. The minimum Gasteiger partial charge on any atom is -0.459 e. The summed E-state index contributed by atoms with van der Waals surface area (Å²) in [6.45, 7) is 4.20. The molecular weight excluding hydrogens is 369 g/mol. The summed E-state index contributed by atoms with van der Waals surface area (Å²) >= 11 is 0. The second kappa shape index (κ2) is 8.57. The molecule has 0 saturated carbocycles. The van der Waals surface area contributed by atoms with Crippen molar-refractivity contribution >= 4 is 11.6 Å². The number of piperidine rings is 1. The Hall–Kier alpha value is -2.99. The first-order valence-electron chi connectivity index (χ1n) is 9.87. The smallest absolute Gasteiger partial charge is 0.294 e. The molecule has 0 spiro atoms. The van der Waals surface area contributed by atoms with E-state index < -0.39 is 0 Å². The quantitative estimate of drug-likeness (QED) is 0.643. The van der Waals surface area contributed by atoms with E-state index in [0.717, 1.165) is 38.2 Å². The lowest BCUT2D eigenvalue weighted by Gasteiger charge is -2.38. The third-order valence-corrected chi connectivity index (χ3v) is 5.42. The predicted octanol–water partition coefficient (Wildman–Crippen LogP) is 4.43. The monoisotopic (exact) mass is 393 g/mol. The van der Waals surface area contributed by atoms with Crippen LogP contribution in [0.3, 0.4) is 0 Å². The van der Waals surface area contributed by atoms with Crippen molar-refractivity contribution in [1.82, 2.24) is 9.88 Å². The van der Waals surface area contributed by atoms with Crippen LogP contribution in [-0.2, 0) is 6.54 Å². The number of rotatable bonds is 5. The normalized spacial score (nSPS) is 15.4. The maximum absolute atomic E-state index is 14.2. The summed E-state index contributed by atoms with van der Waals surface area (Å²) in [5.74, 6) is -0.282. The fourth-order valence-electron chi connectivity index (χ4n) is 3.80. The standard InChI is InChI=1S/C23H24FN3O2/c1-17-7-8-20(15-21(17)24)27(23(28)22-6-4-14-29-22)19-9-12-26(13-10-19)16-18-5-2-3-11-25-18/h2-8,11,14-15,19H,9-10,12-13,16H2,1H3. The number of benzene rings is 1. The molecule has 6 heteroatoms. The Morgan fingerprint density at radius 2 is 2.03 bits per heavy atom. The van der Waals surface area contributed by atoms with E-state index in [1.165, 1.54) is 12.3 Å². The SMILES string of the molecule is Cc1ccc(N(C(=O)c2ccco2)C2CCN(Cc3ccccn3)CC2)cc1F. The molecule has 0 unspecified atom stereocenters. The Balaban J connectivity index is 1.52. The minimum atomic E-state index is -0.313. The average molecular weight is 393 g/mol. The molecule has 2 aromatic heterocycles. The topological polar surface area (TPSA) is 49.6 Å². The first-order valence-corrected chi connectivity index (χ1v) is 9.87. The molecule has 29 heavy (non-hydrogen) atoms. The zero-order valence-corrected chi connectivity index (χ0v) is 16.4. The fourth-order valence-corrected chi connectivity index (χ4v) is 3.80. The van der Waals surface area contributed by atoms with E-state index in [9.17, 15) is 9.18 Å². The largest absolute Gasteiger partial charge is 0.459 e. The molecule has 5 nitrogen and oxygen atoms in total. The van der Waals surface area contributed by atoms with Crippen molar-refractivity contribution in [3.63, 3.8) is 0 Å². The summed E-state index contributed by atoms with van der Waals surface area (Å²) in [6, 6.07) is 14.2. The molecule has 0 bridgehead atoms. The van der Waals surface area contributed by atoms with Crippen LogP contribution in [0.25, 0.3) is 0 Å². The van der Waals surface area contributed by atoms with E-state index in [-0.39, 0.29) is 23.5 Å². The molecule has 3 heterocycles. The number of hydrogen-bond acceptors (Lipinski definition) is 4. The zero-order valence-electron chi connectivity index (χ0n) is 16.4. The van der Waals surface area contributed by atoms with E-state index in [0.29, 0.717) is 11.3 Å². The van der Waals surface area contributed by atoms with Gasteiger partial charge in [-0.05, 0) is 61.7 Å². The second-order valence-electron chi connectivity index (χ2n) is 7.41. The number of aromatic nitrogens is 1. The Kier molecular flexibility index (Phi) is 5.71. The average Bonchev–Trinajstić information content (AvgIpc) is 3.28. The predicted molar refractivity (Wildman–Crippen MR) is 109 cm³/mol. The maximum Gasteiger partial charge on any atom is 0.294 e. The van der Waals surface area contributed by atoms with Gasteiger partial charge in [-0.2, -0.15) is 0 Å². The number of carbonyl (C=O) groups excluding carboxylic acids is 1. The third-order valence-electron chi connectivity index (χ3n) is 5.42. The van der Waals surface area contributed by atoms with Gasteiger partial charge in [0.05, 0.1) is 12.0 Å². The van der Waals surface area contributed by atoms with Gasteiger partial charge in [0.1, 0.15) is 5.82 Å². The molecule has 0 atom stereocenters. The van der Waals surface area contributed by atoms with E-state index in [1.54, 1.807) is 42.3 Å². The number of furan rings is 1. The first-order chi connectivity index (χ1) is 14.1. The molecule has 1 aromatic carbocycles. The lowest BCUT2D eigenvalue weighted by Crippen LogP contribution is -2.47. The summed E-state index contributed by atoms with van der Waals surface area (Å²) in [5, 5.41) is 0. The number of carbonyl (C=O) groups is 1. The number of amides is 1. The summed E-state index contributed by atoms with van der Waals surface area (Å²) in [5.41, 5.74) is 2.16. The van der Waals surface area contributed by atoms with Gasteiger partial charge in [0.25, 0.3) is 5.91 Å². The van der Waals surface area contributed by atoms with Crippen LogP contribution in [-0.4, -0.2) is 34.9 Å². The molecule has 1 aliphatic heterocycles. The van der Waals surface area contributed by atoms with Crippen LogP contribution in [0.5, 0.6) is 0 Å². The molecule has 3 aromatic rings. The first kappa shape index (κ1) is 19.3. The maximum atomic E-state index is 14.2. The van der Waals surface area contributed by atoms with Gasteiger partial charge in [-0.15, -0.1) is 0 Å². The summed E-state index contributed by atoms with van der Waals surface area (Å²) in [4.78, 5) is 21.6. The lowest BCUT2D eigenvalue weighted by molar-refractivity contribution is 0.0931.